The van der Waals surface area contributed by atoms with Gasteiger partial charge >= 0.3 is 0 Å². The maximum atomic E-state index is 12.8. The Kier molecular flexibility index (Phi) is 4.46. The van der Waals surface area contributed by atoms with Crippen molar-refractivity contribution >= 4 is 23.0 Å². The van der Waals surface area contributed by atoms with Crippen LogP contribution in [0.2, 0.25) is 5.02 Å². The number of fused-ring (bicyclic) bond motifs is 3. The predicted molar refractivity (Wildman–Crippen MR) is 97.2 cm³/mol. The van der Waals surface area contributed by atoms with Crippen molar-refractivity contribution in [1.82, 2.24) is 24.7 Å². The number of nitrogens with one attached hydrogen (secondary N) is 1. The second-order valence-electron chi connectivity index (χ2n) is 6.42. The number of aromatic nitrogens is 4. The molecular weight excluding hydrogens is 354 g/mol. The van der Waals surface area contributed by atoms with Crippen LogP contribution in [0.4, 0.5) is 0 Å². The summed E-state index contributed by atoms with van der Waals surface area (Å²) in [6.07, 6.45) is 5.38. The van der Waals surface area contributed by atoms with Gasteiger partial charge in [0.1, 0.15) is 18.4 Å². The Bertz CT molecular complexity index is 1020. The third-order valence-electron chi connectivity index (χ3n) is 4.62. The van der Waals surface area contributed by atoms with E-state index in [4.69, 9.17) is 11.6 Å². The summed E-state index contributed by atoms with van der Waals surface area (Å²) in [4.78, 5) is 25.0. The van der Waals surface area contributed by atoms with Gasteiger partial charge in [-0.15, -0.1) is 0 Å². The summed E-state index contributed by atoms with van der Waals surface area (Å²) in [6, 6.07) is 7.23. The summed E-state index contributed by atoms with van der Waals surface area (Å²) in [6.45, 7) is 0.248. The molecule has 0 radical (unpaired) electrons. The molecule has 0 aliphatic heterocycles. The van der Waals surface area contributed by atoms with E-state index in [1.54, 1.807) is 16.6 Å². The normalized spacial score (nSPS) is 13.6. The van der Waals surface area contributed by atoms with Gasteiger partial charge in [0.15, 0.2) is 0 Å². The van der Waals surface area contributed by atoms with Crippen LogP contribution in [0.3, 0.4) is 0 Å². The minimum atomic E-state index is -0.273. The van der Waals surface area contributed by atoms with Gasteiger partial charge in [0.2, 0.25) is 5.91 Å². The lowest BCUT2D eigenvalue weighted by Crippen LogP contribution is -2.34. The van der Waals surface area contributed by atoms with E-state index in [1.165, 1.54) is 11.0 Å². The van der Waals surface area contributed by atoms with Gasteiger partial charge in [-0.1, -0.05) is 23.7 Å². The Hall–Kier alpha value is -2.67. The highest BCUT2D eigenvalue weighted by atomic mass is 35.5. The lowest BCUT2D eigenvalue weighted by Gasteiger charge is -2.09. The molecule has 134 valence electrons. The van der Waals surface area contributed by atoms with Gasteiger partial charge in [0, 0.05) is 17.1 Å². The average Bonchev–Trinajstić information content (AvgIpc) is 3.03. The zero-order valence-corrected chi connectivity index (χ0v) is 14.9. The highest BCUT2D eigenvalue weighted by Gasteiger charge is 2.20. The molecule has 1 amide bonds. The molecule has 1 N–H and O–H groups in total. The van der Waals surface area contributed by atoms with E-state index in [-0.39, 0.29) is 18.0 Å². The van der Waals surface area contributed by atoms with Crippen molar-refractivity contribution in [2.75, 3.05) is 0 Å². The van der Waals surface area contributed by atoms with Crippen molar-refractivity contribution in [2.45, 2.75) is 38.8 Å². The maximum Gasteiger partial charge on any atom is 0.293 e. The number of halogens is 1. The first-order chi connectivity index (χ1) is 12.6. The van der Waals surface area contributed by atoms with Gasteiger partial charge < -0.3 is 5.32 Å². The molecule has 1 aliphatic rings. The predicted octanol–water partition coefficient (Wildman–Crippen LogP) is 1.74. The molecule has 8 heteroatoms. The molecule has 26 heavy (non-hydrogen) atoms. The Morgan fingerprint density at radius 1 is 1.19 bits per heavy atom. The van der Waals surface area contributed by atoms with Gasteiger partial charge in [-0.3, -0.25) is 9.59 Å². The number of nitrogens with zero attached hydrogens (tertiary/aromatic N) is 4. The molecule has 0 spiro atoms. The lowest BCUT2D eigenvalue weighted by molar-refractivity contribution is -0.122. The first-order valence-corrected chi connectivity index (χ1v) is 8.97. The van der Waals surface area contributed by atoms with Crippen LogP contribution in [-0.4, -0.2) is 25.3 Å². The zero-order valence-electron chi connectivity index (χ0n) is 14.1. The SMILES string of the molecule is O=C(Cn1ncn2nc3c(c2c1=O)CCCC3)NCc1ccc(Cl)cc1. The van der Waals surface area contributed by atoms with Crippen molar-refractivity contribution < 1.29 is 4.79 Å². The van der Waals surface area contributed by atoms with Crippen LogP contribution in [0.15, 0.2) is 35.4 Å². The summed E-state index contributed by atoms with van der Waals surface area (Å²) in [5, 5.41) is 12.0. The monoisotopic (exact) mass is 371 g/mol. The Morgan fingerprint density at radius 2 is 1.96 bits per heavy atom. The molecule has 3 aromatic rings. The fraction of sp³-hybridized carbons (Fsp3) is 0.333. The van der Waals surface area contributed by atoms with Gasteiger partial charge in [-0.2, -0.15) is 10.2 Å². The van der Waals surface area contributed by atoms with E-state index in [2.05, 4.69) is 15.5 Å². The van der Waals surface area contributed by atoms with Gasteiger partial charge in [-0.25, -0.2) is 9.20 Å². The van der Waals surface area contributed by atoms with Gasteiger partial charge in [0.05, 0.1) is 5.69 Å². The molecule has 0 saturated heterocycles. The van der Waals surface area contributed by atoms with Crippen LogP contribution in [0.5, 0.6) is 0 Å². The second kappa shape index (κ2) is 6.92. The number of hydrogen-bond donors (Lipinski definition) is 1. The molecule has 0 saturated carbocycles. The number of benzene rings is 1. The summed E-state index contributed by atoms with van der Waals surface area (Å²) in [5.41, 5.74) is 3.17. The smallest absolute Gasteiger partial charge is 0.293 e. The van der Waals surface area contributed by atoms with E-state index in [0.29, 0.717) is 17.1 Å². The Labute approximate surface area is 154 Å². The fourth-order valence-corrected chi connectivity index (χ4v) is 3.40. The number of carbonyl (C=O) groups excluding carboxylic acids is 1. The topological polar surface area (TPSA) is 81.3 Å². The van der Waals surface area contributed by atoms with Crippen LogP contribution >= 0.6 is 11.6 Å². The van der Waals surface area contributed by atoms with Crippen molar-refractivity contribution in [1.29, 1.82) is 0 Å². The van der Waals surface area contributed by atoms with Crippen molar-refractivity contribution in [2.24, 2.45) is 0 Å². The number of amides is 1. The molecule has 2 aromatic heterocycles. The average molecular weight is 372 g/mol. The lowest BCUT2D eigenvalue weighted by atomic mass is 9.97. The number of hydrogen-bond acceptors (Lipinski definition) is 4. The fourth-order valence-electron chi connectivity index (χ4n) is 3.28. The molecule has 1 aliphatic carbocycles. The second-order valence-corrected chi connectivity index (χ2v) is 6.86. The molecule has 7 nitrogen and oxygen atoms in total. The molecular formula is C18H18ClN5O2. The van der Waals surface area contributed by atoms with Crippen molar-refractivity contribution in [3.63, 3.8) is 0 Å². The van der Waals surface area contributed by atoms with Crippen molar-refractivity contribution in [3.05, 3.63) is 62.8 Å². The molecule has 2 heterocycles. The van der Waals surface area contributed by atoms with Crippen LogP contribution in [0, 0.1) is 0 Å². The molecule has 0 bridgehead atoms. The first-order valence-electron chi connectivity index (χ1n) is 8.59. The Balaban J connectivity index is 1.51. The molecule has 0 fully saturated rings. The van der Waals surface area contributed by atoms with Crippen LogP contribution < -0.4 is 10.9 Å². The van der Waals surface area contributed by atoms with E-state index in [9.17, 15) is 9.59 Å². The summed E-state index contributed by atoms with van der Waals surface area (Å²) in [5.74, 6) is -0.271. The highest BCUT2D eigenvalue weighted by Crippen LogP contribution is 2.22. The standard InChI is InChI=1S/C18H18ClN5O2/c19-13-7-5-12(6-8-13)9-20-16(25)10-23-18(26)17-14-3-1-2-4-15(14)22-24(17)11-21-23/h5-8,11H,1-4,9-10H2,(H,20,25). The van der Waals surface area contributed by atoms with E-state index < -0.39 is 0 Å². The third kappa shape index (κ3) is 3.22. The third-order valence-corrected chi connectivity index (χ3v) is 4.87. The molecule has 0 unspecified atom stereocenters. The highest BCUT2D eigenvalue weighted by molar-refractivity contribution is 6.30. The van der Waals surface area contributed by atoms with Gasteiger partial charge in [-0.05, 0) is 43.4 Å². The minimum absolute atomic E-state index is 0.122. The summed E-state index contributed by atoms with van der Waals surface area (Å²) in [7, 11) is 0. The summed E-state index contributed by atoms with van der Waals surface area (Å²) < 4.78 is 2.74. The largest absolute Gasteiger partial charge is 0.350 e. The zero-order chi connectivity index (χ0) is 18.1. The molecule has 4 rings (SSSR count). The number of aryl methyl sites for hydroxylation is 2. The molecule has 0 atom stereocenters. The van der Waals surface area contributed by atoms with Crippen LogP contribution in [0.1, 0.15) is 29.7 Å². The van der Waals surface area contributed by atoms with E-state index >= 15 is 0 Å². The van der Waals surface area contributed by atoms with Crippen molar-refractivity contribution in [3.8, 4) is 0 Å². The van der Waals surface area contributed by atoms with E-state index in [0.717, 1.165) is 42.5 Å². The maximum absolute atomic E-state index is 12.8. The first kappa shape index (κ1) is 16.8. The van der Waals surface area contributed by atoms with Crippen LogP contribution in [-0.2, 0) is 30.7 Å². The molecule has 1 aromatic carbocycles. The van der Waals surface area contributed by atoms with Crippen LogP contribution in [0.25, 0.3) is 5.52 Å². The quantitative estimate of drug-likeness (QED) is 0.757. The minimum Gasteiger partial charge on any atom is -0.350 e. The van der Waals surface area contributed by atoms with E-state index in [1.807, 2.05) is 12.1 Å². The van der Waals surface area contributed by atoms with Gasteiger partial charge in [0.25, 0.3) is 5.56 Å². The number of rotatable bonds is 4. The summed E-state index contributed by atoms with van der Waals surface area (Å²) >= 11 is 5.85. The Morgan fingerprint density at radius 3 is 2.77 bits per heavy atom. The number of carbonyl (C=O) groups is 1.